The fourth-order valence-corrected chi connectivity index (χ4v) is 8.54. The number of rotatable bonds is 4. The first-order valence-corrected chi connectivity index (χ1v) is 16.2. The van der Waals surface area contributed by atoms with Crippen molar-refractivity contribution in [3.05, 3.63) is 158 Å². The van der Waals surface area contributed by atoms with Gasteiger partial charge in [0, 0.05) is 58.7 Å². The van der Waals surface area contributed by atoms with E-state index in [4.69, 9.17) is 0 Å². The van der Waals surface area contributed by atoms with Gasteiger partial charge in [-0.25, -0.2) is 0 Å². The third kappa shape index (κ3) is 3.50. The van der Waals surface area contributed by atoms with Crippen LogP contribution in [0.2, 0.25) is 0 Å². The molecule has 2 nitrogen and oxygen atoms in total. The van der Waals surface area contributed by atoms with Crippen LogP contribution in [-0.2, 0) is 0 Å². The van der Waals surface area contributed by atoms with E-state index >= 15 is 0 Å². The van der Waals surface area contributed by atoms with E-state index in [9.17, 15) is 0 Å². The van der Waals surface area contributed by atoms with Crippen molar-refractivity contribution in [3.63, 3.8) is 0 Å². The molecule has 10 rings (SSSR count). The second kappa shape index (κ2) is 9.43. The Morgan fingerprint density at radius 2 is 1.02 bits per heavy atom. The maximum absolute atomic E-state index is 2.51. The Morgan fingerprint density at radius 3 is 1.71 bits per heavy atom. The van der Waals surface area contributed by atoms with Crippen molar-refractivity contribution in [1.82, 2.24) is 4.40 Å². The molecule has 3 heteroatoms. The van der Waals surface area contributed by atoms with Crippen LogP contribution in [0.3, 0.4) is 0 Å². The van der Waals surface area contributed by atoms with Crippen LogP contribution >= 0.6 is 11.3 Å². The van der Waals surface area contributed by atoms with Gasteiger partial charge >= 0.3 is 0 Å². The smallest absolute Gasteiger partial charge is 0.0633 e. The zero-order chi connectivity index (χ0) is 29.5. The highest BCUT2D eigenvalue weighted by atomic mass is 32.1. The summed E-state index contributed by atoms with van der Waals surface area (Å²) in [7, 11) is 0. The van der Waals surface area contributed by atoms with Crippen LogP contribution in [0, 0.1) is 0 Å². The van der Waals surface area contributed by atoms with Crippen LogP contribution in [0.1, 0.15) is 0 Å². The van der Waals surface area contributed by atoms with Gasteiger partial charge in [-0.1, -0.05) is 109 Å². The molecule has 0 bridgehead atoms. The molecule has 0 fully saturated rings. The van der Waals surface area contributed by atoms with Crippen molar-refractivity contribution >= 4 is 86.7 Å². The van der Waals surface area contributed by atoms with E-state index in [0.29, 0.717) is 0 Å². The summed E-state index contributed by atoms with van der Waals surface area (Å²) < 4.78 is 5.05. The van der Waals surface area contributed by atoms with Gasteiger partial charge in [-0.05, 0) is 54.1 Å². The summed E-state index contributed by atoms with van der Waals surface area (Å²) >= 11 is 1.87. The first-order valence-electron chi connectivity index (χ1n) is 15.4. The zero-order valence-electron chi connectivity index (χ0n) is 24.3. The lowest BCUT2D eigenvalue weighted by molar-refractivity contribution is 1.31. The first kappa shape index (κ1) is 24.8. The predicted octanol–water partition coefficient (Wildman–Crippen LogP) is 12.3. The van der Waals surface area contributed by atoms with E-state index < -0.39 is 0 Å². The third-order valence-electron chi connectivity index (χ3n) is 9.29. The summed E-state index contributed by atoms with van der Waals surface area (Å²) in [6.45, 7) is 0. The van der Waals surface area contributed by atoms with Crippen molar-refractivity contribution in [2.24, 2.45) is 0 Å². The summed E-state index contributed by atoms with van der Waals surface area (Å²) in [6.07, 6.45) is 0. The van der Waals surface area contributed by atoms with Crippen LogP contribution < -0.4 is 4.90 Å². The topological polar surface area (TPSA) is 7.65 Å². The number of para-hydroxylation sites is 3. The van der Waals surface area contributed by atoms with E-state index in [1.54, 1.807) is 0 Å². The lowest BCUT2D eigenvalue weighted by Gasteiger charge is -2.29. The Bertz CT molecular complexity index is 2620. The van der Waals surface area contributed by atoms with E-state index in [0.717, 1.165) is 11.4 Å². The number of aromatic nitrogens is 1. The second-order valence-corrected chi connectivity index (χ2v) is 12.8. The molecule has 0 aliphatic heterocycles. The number of hydrogen-bond acceptors (Lipinski definition) is 2. The number of anilines is 3. The number of nitrogens with zero attached hydrogens (tertiary/aromatic N) is 2. The minimum Gasteiger partial charge on any atom is -0.309 e. The zero-order valence-corrected chi connectivity index (χ0v) is 25.1. The van der Waals surface area contributed by atoms with Crippen molar-refractivity contribution in [2.75, 3.05) is 4.90 Å². The molecule has 0 spiro atoms. The summed E-state index contributed by atoms with van der Waals surface area (Å²) in [6, 6.07) is 57.7. The normalized spacial score (nSPS) is 12.0. The van der Waals surface area contributed by atoms with Crippen LogP contribution in [0.5, 0.6) is 0 Å². The lowest BCUT2D eigenvalue weighted by atomic mass is 9.97. The standard InChI is InChI=1S/C42H26N2S/c1-3-13-27(14-4-1)30-23-24-39-40(33-19-9-12-22-38(33)45-39)42(30)43(28-15-5-2-6-16-28)29-25-34-31-17-7-10-20-36(31)44-37-21-11-8-18-32(37)35(26-29)41(34)44/h1-26H. The molecular formula is C42H26N2S. The third-order valence-corrected chi connectivity index (χ3v) is 10.4. The molecule has 210 valence electrons. The molecule has 3 heterocycles. The molecular weight excluding hydrogens is 565 g/mol. The van der Waals surface area contributed by atoms with Gasteiger partial charge in [0.05, 0.1) is 22.2 Å². The van der Waals surface area contributed by atoms with Gasteiger partial charge < -0.3 is 9.30 Å². The van der Waals surface area contributed by atoms with Gasteiger partial charge in [0.2, 0.25) is 0 Å². The molecule has 0 unspecified atom stereocenters. The molecule has 10 aromatic rings. The highest BCUT2D eigenvalue weighted by molar-refractivity contribution is 7.26. The molecule has 0 saturated heterocycles. The summed E-state index contributed by atoms with van der Waals surface area (Å²) in [4.78, 5) is 2.51. The first-order chi connectivity index (χ1) is 22.3. The molecule has 0 amide bonds. The molecule has 0 atom stereocenters. The molecule has 0 aliphatic carbocycles. The minimum absolute atomic E-state index is 1.14. The Balaban J connectivity index is 1.40. The lowest BCUT2D eigenvalue weighted by Crippen LogP contribution is -2.11. The largest absolute Gasteiger partial charge is 0.309 e. The molecule has 0 N–H and O–H groups in total. The highest BCUT2D eigenvalue weighted by Crippen LogP contribution is 2.51. The van der Waals surface area contributed by atoms with E-state index in [1.165, 1.54) is 75.1 Å². The molecule has 0 saturated carbocycles. The van der Waals surface area contributed by atoms with E-state index in [-0.39, 0.29) is 0 Å². The number of benzene rings is 7. The van der Waals surface area contributed by atoms with E-state index in [1.807, 2.05) is 11.3 Å². The highest BCUT2D eigenvalue weighted by Gasteiger charge is 2.25. The fraction of sp³-hybridized carbons (Fsp3) is 0. The van der Waals surface area contributed by atoms with Gasteiger partial charge in [0.25, 0.3) is 0 Å². The minimum atomic E-state index is 1.14. The van der Waals surface area contributed by atoms with Gasteiger partial charge in [-0.3, -0.25) is 0 Å². The van der Waals surface area contributed by atoms with Gasteiger partial charge in [-0.15, -0.1) is 11.3 Å². The Morgan fingerprint density at radius 1 is 0.444 bits per heavy atom. The predicted molar refractivity (Wildman–Crippen MR) is 194 cm³/mol. The maximum atomic E-state index is 2.51. The Hall–Kier alpha value is -5.64. The average Bonchev–Trinajstić information content (AvgIpc) is 3.76. The van der Waals surface area contributed by atoms with Gasteiger partial charge in [-0.2, -0.15) is 0 Å². The van der Waals surface area contributed by atoms with Gasteiger partial charge in [0.1, 0.15) is 0 Å². The van der Waals surface area contributed by atoms with Crippen LogP contribution in [0.4, 0.5) is 17.1 Å². The maximum Gasteiger partial charge on any atom is 0.0633 e. The van der Waals surface area contributed by atoms with Crippen molar-refractivity contribution in [1.29, 1.82) is 0 Å². The van der Waals surface area contributed by atoms with Crippen molar-refractivity contribution in [2.45, 2.75) is 0 Å². The number of thiophene rings is 1. The monoisotopic (exact) mass is 590 g/mol. The molecule has 3 aromatic heterocycles. The Labute approximate surface area is 264 Å². The summed E-state index contributed by atoms with van der Waals surface area (Å²) in [5.41, 5.74) is 9.71. The molecule has 45 heavy (non-hydrogen) atoms. The molecule has 7 aromatic carbocycles. The summed E-state index contributed by atoms with van der Waals surface area (Å²) in [5.74, 6) is 0. The second-order valence-electron chi connectivity index (χ2n) is 11.7. The average molecular weight is 591 g/mol. The SMILES string of the molecule is c1ccc(-c2ccc3sc4ccccc4c3c2N(c2ccccc2)c2cc3c4ccccc4n4c5ccccc5c(c2)c34)cc1. The van der Waals surface area contributed by atoms with Crippen molar-refractivity contribution < 1.29 is 0 Å². The molecule has 0 radical (unpaired) electrons. The Kier molecular flexibility index (Phi) is 5.19. The fourth-order valence-electron chi connectivity index (χ4n) is 7.43. The number of fused-ring (bicyclic) bond motifs is 9. The van der Waals surface area contributed by atoms with E-state index in [2.05, 4.69) is 167 Å². The van der Waals surface area contributed by atoms with Crippen molar-refractivity contribution in [3.8, 4) is 11.1 Å². The summed E-state index contributed by atoms with van der Waals surface area (Å²) in [5, 5.41) is 7.69. The quantitative estimate of drug-likeness (QED) is 0.198. The van der Waals surface area contributed by atoms with Crippen LogP contribution in [0.25, 0.3) is 69.4 Å². The van der Waals surface area contributed by atoms with Crippen LogP contribution in [-0.4, -0.2) is 4.40 Å². The van der Waals surface area contributed by atoms with Crippen LogP contribution in [0.15, 0.2) is 158 Å². The van der Waals surface area contributed by atoms with Gasteiger partial charge in [0.15, 0.2) is 0 Å². The molecule has 0 aliphatic rings. The number of hydrogen-bond donors (Lipinski definition) is 0.